The third-order valence-electron chi connectivity index (χ3n) is 4.03. The molecule has 0 amide bonds. The minimum atomic E-state index is 0.837. The van der Waals surface area contributed by atoms with E-state index < -0.39 is 0 Å². The molecule has 1 aliphatic carbocycles. The molecule has 0 radical (unpaired) electrons. The van der Waals surface area contributed by atoms with Crippen molar-refractivity contribution in [3.8, 4) is 0 Å². The average Bonchev–Trinajstić information content (AvgIpc) is 2.88. The van der Waals surface area contributed by atoms with Crippen LogP contribution in [0.4, 0.5) is 0 Å². The second-order valence-corrected chi connectivity index (χ2v) is 5.78. The summed E-state index contributed by atoms with van der Waals surface area (Å²) in [4.78, 5) is 2.50. The van der Waals surface area contributed by atoms with Gasteiger partial charge in [-0.1, -0.05) is 56.4 Å². The fourth-order valence-electron chi connectivity index (χ4n) is 2.69. The molecule has 1 rings (SSSR count). The lowest BCUT2D eigenvalue weighted by Crippen LogP contribution is -2.29. The molecule has 0 bridgehead atoms. The number of hydrogen-bond acceptors (Lipinski definition) is 1. The molecule has 0 aromatic heterocycles. The van der Waals surface area contributed by atoms with E-state index in [1.54, 1.807) is 0 Å². The summed E-state index contributed by atoms with van der Waals surface area (Å²) < 4.78 is 0. The molecule has 0 atom stereocenters. The number of hydrogen-bond donors (Lipinski definition) is 0. The normalized spacial score (nSPS) is 18.3. The van der Waals surface area contributed by atoms with Gasteiger partial charge in [-0.15, -0.1) is 0 Å². The summed E-state index contributed by atoms with van der Waals surface area (Å²) in [5, 5.41) is 0. The zero-order chi connectivity index (χ0) is 13.2. The zero-order valence-corrected chi connectivity index (χ0v) is 12.6. The van der Waals surface area contributed by atoms with Gasteiger partial charge in [0, 0.05) is 12.6 Å². The minimum Gasteiger partial charge on any atom is -0.300 e. The van der Waals surface area contributed by atoms with Crippen molar-refractivity contribution in [3.05, 3.63) is 23.8 Å². The van der Waals surface area contributed by atoms with Crippen LogP contribution in [-0.4, -0.2) is 24.5 Å². The van der Waals surface area contributed by atoms with Crippen molar-refractivity contribution < 1.29 is 0 Å². The summed E-state index contributed by atoms with van der Waals surface area (Å²) in [6.07, 6.45) is 17.8. The summed E-state index contributed by atoms with van der Waals surface area (Å²) in [6.45, 7) is 5.61. The summed E-state index contributed by atoms with van der Waals surface area (Å²) in [5.74, 6) is 0. The van der Waals surface area contributed by atoms with Crippen LogP contribution in [0.2, 0.25) is 0 Å². The first-order chi connectivity index (χ1) is 8.74. The fraction of sp³-hybridized carbons (Fsp3) is 0.765. The van der Waals surface area contributed by atoms with Gasteiger partial charge in [-0.3, -0.25) is 4.90 Å². The summed E-state index contributed by atoms with van der Waals surface area (Å²) in [6, 6.07) is 0.837. The fourth-order valence-corrected chi connectivity index (χ4v) is 2.69. The molecular weight excluding hydrogens is 218 g/mol. The molecule has 0 saturated heterocycles. The van der Waals surface area contributed by atoms with Crippen LogP contribution in [0.15, 0.2) is 23.8 Å². The van der Waals surface area contributed by atoms with E-state index in [0.29, 0.717) is 0 Å². The SMILES string of the molecule is CCCCC/C(C)=C\C=C\CN(C)C1CCCC1. The summed E-state index contributed by atoms with van der Waals surface area (Å²) >= 11 is 0. The second kappa shape index (κ2) is 9.38. The number of unbranched alkanes of at least 4 members (excludes halogenated alkanes) is 2. The van der Waals surface area contributed by atoms with Gasteiger partial charge < -0.3 is 0 Å². The average molecular weight is 249 g/mol. The van der Waals surface area contributed by atoms with Gasteiger partial charge in [0.15, 0.2) is 0 Å². The van der Waals surface area contributed by atoms with E-state index in [1.165, 1.54) is 56.9 Å². The quantitative estimate of drug-likeness (QED) is 0.435. The predicted octanol–water partition coefficient (Wildman–Crippen LogP) is 4.94. The first-order valence-electron chi connectivity index (χ1n) is 7.76. The molecule has 104 valence electrons. The van der Waals surface area contributed by atoms with Gasteiger partial charge in [-0.2, -0.15) is 0 Å². The third kappa shape index (κ3) is 6.39. The monoisotopic (exact) mass is 249 g/mol. The maximum Gasteiger partial charge on any atom is 0.0166 e. The Labute approximate surface area is 114 Å². The highest BCUT2D eigenvalue weighted by atomic mass is 15.1. The van der Waals surface area contributed by atoms with Crippen LogP contribution in [0.1, 0.15) is 65.2 Å². The van der Waals surface area contributed by atoms with E-state index in [4.69, 9.17) is 0 Å². The molecule has 0 aliphatic heterocycles. The Balaban J connectivity index is 2.16. The Hall–Kier alpha value is -0.560. The smallest absolute Gasteiger partial charge is 0.0166 e. The van der Waals surface area contributed by atoms with Gasteiger partial charge in [-0.05, 0) is 39.7 Å². The topological polar surface area (TPSA) is 3.24 Å². The minimum absolute atomic E-state index is 0.837. The van der Waals surface area contributed by atoms with E-state index in [1.807, 2.05) is 0 Å². The van der Waals surface area contributed by atoms with Crippen LogP contribution in [-0.2, 0) is 0 Å². The first kappa shape index (κ1) is 15.5. The largest absolute Gasteiger partial charge is 0.300 e. The molecule has 1 aliphatic rings. The van der Waals surface area contributed by atoms with Crippen LogP contribution < -0.4 is 0 Å². The number of rotatable bonds is 8. The second-order valence-electron chi connectivity index (χ2n) is 5.78. The highest BCUT2D eigenvalue weighted by molar-refractivity contribution is 5.10. The van der Waals surface area contributed by atoms with Gasteiger partial charge in [0.25, 0.3) is 0 Å². The molecule has 0 heterocycles. The van der Waals surface area contributed by atoms with Gasteiger partial charge in [-0.25, -0.2) is 0 Å². The zero-order valence-electron chi connectivity index (χ0n) is 12.6. The summed E-state index contributed by atoms with van der Waals surface area (Å²) in [7, 11) is 2.26. The Kier molecular flexibility index (Phi) is 8.08. The molecule has 18 heavy (non-hydrogen) atoms. The van der Waals surface area contributed by atoms with E-state index in [2.05, 4.69) is 44.0 Å². The molecule has 0 aromatic carbocycles. The predicted molar refractivity (Wildman–Crippen MR) is 81.9 cm³/mol. The molecule has 0 unspecified atom stereocenters. The van der Waals surface area contributed by atoms with Gasteiger partial charge in [0.2, 0.25) is 0 Å². The summed E-state index contributed by atoms with van der Waals surface area (Å²) in [5.41, 5.74) is 1.52. The maximum atomic E-state index is 2.50. The van der Waals surface area contributed by atoms with Crippen molar-refractivity contribution in [3.63, 3.8) is 0 Å². The lowest BCUT2D eigenvalue weighted by molar-refractivity contribution is 0.271. The van der Waals surface area contributed by atoms with E-state index >= 15 is 0 Å². The van der Waals surface area contributed by atoms with Gasteiger partial charge in [0.05, 0.1) is 0 Å². The third-order valence-corrected chi connectivity index (χ3v) is 4.03. The maximum absolute atomic E-state index is 2.50. The van der Waals surface area contributed by atoms with Crippen molar-refractivity contribution in [2.75, 3.05) is 13.6 Å². The van der Waals surface area contributed by atoms with Gasteiger partial charge in [0.1, 0.15) is 0 Å². The van der Waals surface area contributed by atoms with Crippen molar-refractivity contribution in [1.82, 2.24) is 4.90 Å². The van der Waals surface area contributed by atoms with Crippen LogP contribution in [0, 0.1) is 0 Å². The van der Waals surface area contributed by atoms with Crippen LogP contribution >= 0.6 is 0 Å². The lowest BCUT2D eigenvalue weighted by Gasteiger charge is -2.21. The molecule has 1 heteroatoms. The molecule has 0 aromatic rings. The molecule has 1 nitrogen and oxygen atoms in total. The van der Waals surface area contributed by atoms with Gasteiger partial charge >= 0.3 is 0 Å². The Morgan fingerprint density at radius 1 is 1.22 bits per heavy atom. The van der Waals surface area contributed by atoms with E-state index in [-0.39, 0.29) is 0 Å². The van der Waals surface area contributed by atoms with Crippen molar-refractivity contribution in [1.29, 1.82) is 0 Å². The molecule has 0 spiro atoms. The Bertz CT molecular complexity index is 259. The lowest BCUT2D eigenvalue weighted by atomic mass is 10.1. The van der Waals surface area contributed by atoms with Crippen LogP contribution in [0.25, 0.3) is 0 Å². The molecule has 1 saturated carbocycles. The molecular formula is C17H31N. The van der Waals surface area contributed by atoms with Crippen molar-refractivity contribution in [2.45, 2.75) is 71.3 Å². The first-order valence-corrected chi connectivity index (χ1v) is 7.76. The Morgan fingerprint density at radius 2 is 1.94 bits per heavy atom. The highest BCUT2D eigenvalue weighted by Gasteiger charge is 2.17. The molecule has 1 fully saturated rings. The van der Waals surface area contributed by atoms with Crippen molar-refractivity contribution >= 4 is 0 Å². The molecule has 0 N–H and O–H groups in total. The van der Waals surface area contributed by atoms with Crippen LogP contribution in [0.3, 0.4) is 0 Å². The number of allylic oxidation sites excluding steroid dienone is 3. The number of likely N-dealkylation sites (N-methyl/N-ethyl adjacent to an activating group) is 1. The van der Waals surface area contributed by atoms with Crippen LogP contribution in [0.5, 0.6) is 0 Å². The number of nitrogens with zero attached hydrogens (tertiary/aromatic N) is 1. The van der Waals surface area contributed by atoms with E-state index in [9.17, 15) is 0 Å². The Morgan fingerprint density at radius 3 is 2.61 bits per heavy atom. The standard InChI is InChI=1S/C17H31N/c1-4-5-6-11-16(2)12-9-10-15-18(3)17-13-7-8-14-17/h9-10,12,17H,4-8,11,13-15H2,1-3H3/b10-9+,16-12-. The highest BCUT2D eigenvalue weighted by Crippen LogP contribution is 2.22. The van der Waals surface area contributed by atoms with Crippen molar-refractivity contribution in [2.24, 2.45) is 0 Å². The van der Waals surface area contributed by atoms with E-state index in [0.717, 1.165) is 12.6 Å².